The summed E-state index contributed by atoms with van der Waals surface area (Å²) in [4.78, 5) is 2.55. The van der Waals surface area contributed by atoms with Crippen LogP contribution in [-0.2, 0) is 0 Å². The minimum Gasteiger partial charge on any atom is -0.303 e. The first-order valence-corrected chi connectivity index (χ1v) is 4.90. The monoisotopic (exact) mass is 170 g/mol. The van der Waals surface area contributed by atoms with Crippen LogP contribution in [0, 0.1) is 5.92 Å². The Morgan fingerprint density at radius 3 is 2.25 bits per heavy atom. The number of nitrogens with one attached hydrogen (secondary N) is 1. The molecule has 0 aromatic heterocycles. The van der Waals surface area contributed by atoms with Crippen molar-refractivity contribution < 1.29 is 0 Å². The van der Waals surface area contributed by atoms with E-state index in [1.165, 1.54) is 0 Å². The standard InChI is InChI=1S/C10H22N2/c1-8(2)9-6-11-7-12(9)10(3,4)5/h8-9,11H,6-7H2,1-5H3. The lowest BCUT2D eigenvalue weighted by molar-refractivity contribution is 0.0987. The molecule has 1 aliphatic heterocycles. The lowest BCUT2D eigenvalue weighted by atomic mass is 9.98. The minimum absolute atomic E-state index is 0.304. The maximum Gasteiger partial charge on any atom is 0.0489 e. The van der Waals surface area contributed by atoms with Crippen LogP contribution in [0.15, 0.2) is 0 Å². The smallest absolute Gasteiger partial charge is 0.0489 e. The van der Waals surface area contributed by atoms with Crippen molar-refractivity contribution in [3.05, 3.63) is 0 Å². The van der Waals surface area contributed by atoms with Gasteiger partial charge in [0.15, 0.2) is 0 Å². The van der Waals surface area contributed by atoms with Crippen molar-refractivity contribution in [3.8, 4) is 0 Å². The summed E-state index contributed by atoms with van der Waals surface area (Å²) >= 11 is 0. The zero-order chi connectivity index (χ0) is 9.35. The maximum atomic E-state index is 3.44. The van der Waals surface area contributed by atoms with Gasteiger partial charge in [0.1, 0.15) is 0 Å². The molecule has 72 valence electrons. The SMILES string of the molecule is CC(C)C1CNCN1C(C)(C)C. The summed E-state index contributed by atoms with van der Waals surface area (Å²) < 4.78 is 0. The molecule has 0 aromatic carbocycles. The fourth-order valence-corrected chi connectivity index (χ4v) is 1.89. The molecule has 1 saturated heterocycles. The van der Waals surface area contributed by atoms with Crippen LogP contribution < -0.4 is 5.32 Å². The Bertz CT molecular complexity index is 146. The second-order valence-corrected chi connectivity index (χ2v) is 5.06. The Morgan fingerprint density at radius 2 is 1.92 bits per heavy atom. The fraction of sp³-hybridized carbons (Fsp3) is 1.00. The summed E-state index contributed by atoms with van der Waals surface area (Å²) in [6, 6.07) is 0.713. The highest BCUT2D eigenvalue weighted by molar-refractivity contribution is 4.89. The van der Waals surface area contributed by atoms with Gasteiger partial charge in [-0.1, -0.05) is 13.8 Å². The van der Waals surface area contributed by atoms with E-state index in [1.807, 2.05) is 0 Å². The summed E-state index contributed by atoms with van der Waals surface area (Å²) in [5.74, 6) is 0.749. The number of nitrogens with zero attached hydrogens (tertiary/aromatic N) is 1. The molecule has 1 atom stereocenters. The minimum atomic E-state index is 0.304. The van der Waals surface area contributed by atoms with E-state index in [0.29, 0.717) is 11.6 Å². The van der Waals surface area contributed by atoms with Gasteiger partial charge in [0.2, 0.25) is 0 Å². The summed E-state index contributed by atoms with van der Waals surface area (Å²) in [5, 5.41) is 3.44. The zero-order valence-corrected chi connectivity index (χ0v) is 9.02. The van der Waals surface area contributed by atoms with E-state index >= 15 is 0 Å². The van der Waals surface area contributed by atoms with E-state index in [2.05, 4.69) is 44.8 Å². The number of hydrogen-bond donors (Lipinski definition) is 1. The first kappa shape index (κ1) is 10.0. The largest absolute Gasteiger partial charge is 0.303 e. The van der Waals surface area contributed by atoms with Crippen molar-refractivity contribution in [2.45, 2.75) is 46.2 Å². The molecule has 2 nitrogen and oxygen atoms in total. The van der Waals surface area contributed by atoms with Gasteiger partial charge in [0.05, 0.1) is 0 Å². The Kier molecular flexibility index (Phi) is 2.79. The Morgan fingerprint density at radius 1 is 1.33 bits per heavy atom. The number of rotatable bonds is 1. The summed E-state index contributed by atoms with van der Waals surface area (Å²) in [5.41, 5.74) is 0.304. The lowest BCUT2D eigenvalue weighted by Crippen LogP contribution is -2.47. The zero-order valence-electron chi connectivity index (χ0n) is 9.02. The third-order valence-electron chi connectivity index (χ3n) is 2.67. The average Bonchev–Trinajstić information content (AvgIpc) is 2.30. The van der Waals surface area contributed by atoms with Crippen molar-refractivity contribution in [2.24, 2.45) is 5.92 Å². The Labute approximate surface area is 76.3 Å². The molecule has 1 aliphatic rings. The van der Waals surface area contributed by atoms with E-state index in [9.17, 15) is 0 Å². The molecule has 0 amide bonds. The lowest BCUT2D eigenvalue weighted by Gasteiger charge is -2.37. The molecule has 1 heterocycles. The molecule has 0 aliphatic carbocycles. The van der Waals surface area contributed by atoms with Crippen molar-refractivity contribution in [2.75, 3.05) is 13.2 Å². The van der Waals surface area contributed by atoms with Gasteiger partial charge in [-0.25, -0.2) is 0 Å². The van der Waals surface area contributed by atoms with Gasteiger partial charge >= 0.3 is 0 Å². The van der Waals surface area contributed by atoms with Gasteiger partial charge in [-0.05, 0) is 26.7 Å². The quantitative estimate of drug-likeness (QED) is 0.644. The van der Waals surface area contributed by atoms with E-state index < -0.39 is 0 Å². The first-order chi connectivity index (χ1) is 5.43. The van der Waals surface area contributed by atoms with E-state index in [1.54, 1.807) is 0 Å². The molecular weight excluding hydrogens is 148 g/mol. The molecule has 0 radical (unpaired) electrons. The van der Waals surface area contributed by atoms with Crippen molar-refractivity contribution in [3.63, 3.8) is 0 Å². The third kappa shape index (κ3) is 1.99. The van der Waals surface area contributed by atoms with Gasteiger partial charge < -0.3 is 5.32 Å². The summed E-state index contributed by atoms with van der Waals surface area (Å²) in [7, 11) is 0. The molecule has 0 saturated carbocycles. The van der Waals surface area contributed by atoms with Crippen LogP contribution in [0.25, 0.3) is 0 Å². The number of hydrogen-bond acceptors (Lipinski definition) is 2. The highest BCUT2D eigenvalue weighted by Crippen LogP contribution is 2.23. The van der Waals surface area contributed by atoms with Crippen LogP contribution in [0.4, 0.5) is 0 Å². The maximum absolute atomic E-state index is 3.44. The Hall–Kier alpha value is -0.0800. The van der Waals surface area contributed by atoms with E-state index in [0.717, 1.165) is 19.1 Å². The van der Waals surface area contributed by atoms with Crippen LogP contribution in [0.3, 0.4) is 0 Å². The predicted octanol–water partition coefficient (Wildman–Crippen LogP) is 1.67. The van der Waals surface area contributed by atoms with Crippen LogP contribution in [0.5, 0.6) is 0 Å². The van der Waals surface area contributed by atoms with Crippen LogP contribution >= 0.6 is 0 Å². The second kappa shape index (κ2) is 3.35. The van der Waals surface area contributed by atoms with Crippen molar-refractivity contribution >= 4 is 0 Å². The van der Waals surface area contributed by atoms with Gasteiger partial charge in [-0.2, -0.15) is 0 Å². The third-order valence-corrected chi connectivity index (χ3v) is 2.67. The Balaban J connectivity index is 2.64. The average molecular weight is 170 g/mol. The molecule has 0 spiro atoms. The van der Waals surface area contributed by atoms with Crippen molar-refractivity contribution in [1.29, 1.82) is 0 Å². The fourth-order valence-electron chi connectivity index (χ4n) is 1.89. The molecule has 12 heavy (non-hydrogen) atoms. The molecule has 1 N–H and O–H groups in total. The molecule has 0 bridgehead atoms. The molecule has 1 unspecified atom stereocenters. The van der Waals surface area contributed by atoms with Crippen LogP contribution in [-0.4, -0.2) is 29.7 Å². The van der Waals surface area contributed by atoms with E-state index in [4.69, 9.17) is 0 Å². The normalized spacial score (nSPS) is 27.0. The molecule has 1 rings (SSSR count). The first-order valence-electron chi connectivity index (χ1n) is 4.90. The topological polar surface area (TPSA) is 15.3 Å². The van der Waals surface area contributed by atoms with Crippen molar-refractivity contribution in [1.82, 2.24) is 10.2 Å². The van der Waals surface area contributed by atoms with Gasteiger partial charge in [-0.15, -0.1) is 0 Å². The highest BCUT2D eigenvalue weighted by atomic mass is 15.3. The molecular formula is C10H22N2. The van der Waals surface area contributed by atoms with E-state index in [-0.39, 0.29) is 0 Å². The second-order valence-electron chi connectivity index (χ2n) is 5.06. The summed E-state index contributed by atoms with van der Waals surface area (Å²) in [6.45, 7) is 13.7. The molecule has 0 aromatic rings. The van der Waals surface area contributed by atoms with Crippen LogP contribution in [0.1, 0.15) is 34.6 Å². The van der Waals surface area contributed by atoms with Gasteiger partial charge in [0, 0.05) is 24.8 Å². The van der Waals surface area contributed by atoms with Gasteiger partial charge in [0.25, 0.3) is 0 Å². The predicted molar refractivity (Wildman–Crippen MR) is 53.1 cm³/mol. The highest BCUT2D eigenvalue weighted by Gasteiger charge is 2.33. The van der Waals surface area contributed by atoms with Gasteiger partial charge in [-0.3, -0.25) is 4.90 Å². The summed E-state index contributed by atoms with van der Waals surface area (Å²) in [6.07, 6.45) is 0. The molecule has 2 heteroatoms. The van der Waals surface area contributed by atoms with Crippen LogP contribution in [0.2, 0.25) is 0 Å². The molecule has 1 fully saturated rings.